The fourth-order valence-corrected chi connectivity index (χ4v) is 3.33. The van der Waals surface area contributed by atoms with Gasteiger partial charge in [-0.3, -0.25) is 25.7 Å². The number of nitrogens with one attached hydrogen (secondary N) is 2. The minimum atomic E-state index is -0.698. The Balaban J connectivity index is 1.75. The van der Waals surface area contributed by atoms with Gasteiger partial charge in [-0.15, -0.1) is 0 Å². The normalized spacial score (nSPS) is 11.0. The van der Waals surface area contributed by atoms with Gasteiger partial charge < -0.3 is 9.72 Å². The lowest BCUT2D eigenvalue weighted by molar-refractivity contribution is -0.393. The number of rotatable bonds is 7. The third-order valence-electron chi connectivity index (χ3n) is 4.88. The van der Waals surface area contributed by atoms with Crippen molar-refractivity contribution in [2.24, 2.45) is 5.10 Å². The molecule has 0 atom stereocenters. The first-order chi connectivity index (χ1) is 15.5. The number of hydrogen-bond acceptors (Lipinski definition) is 7. The Hall–Kier alpha value is -4.73. The van der Waals surface area contributed by atoms with E-state index in [1.807, 2.05) is 48.5 Å². The van der Waals surface area contributed by atoms with Crippen molar-refractivity contribution in [2.75, 3.05) is 12.5 Å². The standard InChI is InChI=1S/C22H17N5O5/c1-32-16-8-10-19-17(12-16)18(22(24-19)14-5-3-2-4-6-14)13-23-25-20-9-7-15(26(28)29)11-21(20)27(30)31/h2-13,24-25H,1H3/b23-13+. The summed E-state index contributed by atoms with van der Waals surface area (Å²) in [5, 5.41) is 27.3. The molecule has 0 aliphatic rings. The highest BCUT2D eigenvalue weighted by molar-refractivity contribution is 6.06. The van der Waals surface area contributed by atoms with E-state index in [1.165, 1.54) is 12.1 Å². The van der Waals surface area contributed by atoms with Gasteiger partial charge in [-0.1, -0.05) is 30.3 Å². The topological polar surface area (TPSA) is 136 Å². The maximum atomic E-state index is 11.3. The summed E-state index contributed by atoms with van der Waals surface area (Å²) in [5.74, 6) is 0.671. The van der Waals surface area contributed by atoms with Crippen LogP contribution in [0.2, 0.25) is 0 Å². The molecule has 0 aliphatic heterocycles. The molecule has 1 heterocycles. The van der Waals surface area contributed by atoms with Crippen LogP contribution in [0.15, 0.2) is 71.8 Å². The van der Waals surface area contributed by atoms with Crippen molar-refractivity contribution in [3.05, 3.63) is 92.5 Å². The molecule has 0 unspecified atom stereocenters. The van der Waals surface area contributed by atoms with Crippen LogP contribution in [-0.2, 0) is 0 Å². The molecular weight excluding hydrogens is 414 g/mol. The minimum absolute atomic E-state index is 0.0375. The monoisotopic (exact) mass is 431 g/mol. The molecule has 0 saturated heterocycles. The molecule has 4 aromatic rings. The lowest BCUT2D eigenvalue weighted by Crippen LogP contribution is -1.99. The van der Waals surface area contributed by atoms with Crippen LogP contribution in [0.5, 0.6) is 5.75 Å². The molecular formula is C22H17N5O5. The Bertz CT molecular complexity index is 1350. The van der Waals surface area contributed by atoms with Gasteiger partial charge in [-0.2, -0.15) is 5.10 Å². The third kappa shape index (κ3) is 3.97. The first-order valence-corrected chi connectivity index (χ1v) is 9.45. The van der Waals surface area contributed by atoms with Gasteiger partial charge in [0.15, 0.2) is 0 Å². The lowest BCUT2D eigenvalue weighted by Gasteiger charge is -2.03. The maximum Gasteiger partial charge on any atom is 0.301 e. The lowest BCUT2D eigenvalue weighted by atomic mass is 10.1. The molecule has 1 aromatic heterocycles. The second-order valence-electron chi connectivity index (χ2n) is 6.78. The first-order valence-electron chi connectivity index (χ1n) is 9.45. The zero-order valence-corrected chi connectivity index (χ0v) is 16.8. The second kappa shape index (κ2) is 8.56. The highest BCUT2D eigenvalue weighted by atomic mass is 16.6. The van der Waals surface area contributed by atoms with Gasteiger partial charge in [0.2, 0.25) is 0 Å². The Morgan fingerprint density at radius 1 is 1.00 bits per heavy atom. The summed E-state index contributed by atoms with van der Waals surface area (Å²) in [7, 11) is 1.58. The zero-order chi connectivity index (χ0) is 22.7. The number of nitro groups is 2. The Labute approximate surface area is 181 Å². The van der Waals surface area contributed by atoms with Crippen LogP contribution >= 0.6 is 0 Å². The number of non-ortho nitro benzene ring substituents is 1. The highest BCUT2D eigenvalue weighted by Gasteiger charge is 2.19. The molecule has 0 spiro atoms. The molecule has 3 aromatic carbocycles. The first kappa shape index (κ1) is 20.5. The van der Waals surface area contributed by atoms with Crippen molar-refractivity contribution >= 4 is 34.2 Å². The predicted octanol–water partition coefficient (Wildman–Crippen LogP) is 5.11. The maximum absolute atomic E-state index is 11.3. The number of methoxy groups -OCH3 is 1. The van der Waals surface area contributed by atoms with Crippen molar-refractivity contribution in [1.82, 2.24) is 4.98 Å². The average molecular weight is 431 g/mol. The molecule has 0 radical (unpaired) electrons. The third-order valence-corrected chi connectivity index (χ3v) is 4.88. The minimum Gasteiger partial charge on any atom is -0.497 e. The SMILES string of the molecule is COc1ccc2[nH]c(-c3ccccc3)c(/C=N/Nc3ccc([N+](=O)[O-])cc3[N+](=O)[O-])c2c1. The summed E-state index contributed by atoms with van der Waals surface area (Å²) in [6, 6.07) is 18.6. The second-order valence-corrected chi connectivity index (χ2v) is 6.78. The largest absolute Gasteiger partial charge is 0.497 e. The van der Waals surface area contributed by atoms with Gasteiger partial charge in [0.05, 0.1) is 34.9 Å². The quantitative estimate of drug-likeness (QED) is 0.237. The van der Waals surface area contributed by atoms with Crippen LogP contribution in [0.1, 0.15) is 5.56 Å². The number of aromatic amines is 1. The summed E-state index contributed by atoms with van der Waals surface area (Å²) in [5.41, 5.74) is 5.22. The van der Waals surface area contributed by atoms with Crippen LogP contribution in [0.25, 0.3) is 22.2 Å². The van der Waals surface area contributed by atoms with E-state index in [2.05, 4.69) is 15.5 Å². The Morgan fingerprint density at radius 3 is 2.47 bits per heavy atom. The number of H-pyrrole nitrogens is 1. The number of nitro benzene ring substituents is 2. The van der Waals surface area contributed by atoms with E-state index in [1.54, 1.807) is 13.3 Å². The molecule has 10 heteroatoms. The molecule has 2 N–H and O–H groups in total. The van der Waals surface area contributed by atoms with Crippen LogP contribution in [0.3, 0.4) is 0 Å². The van der Waals surface area contributed by atoms with Gasteiger partial charge >= 0.3 is 5.69 Å². The summed E-state index contributed by atoms with van der Waals surface area (Å²) in [6.45, 7) is 0. The van der Waals surface area contributed by atoms with Gasteiger partial charge in [0.25, 0.3) is 5.69 Å². The van der Waals surface area contributed by atoms with Crippen molar-refractivity contribution < 1.29 is 14.6 Å². The van der Waals surface area contributed by atoms with Crippen molar-refractivity contribution in [3.63, 3.8) is 0 Å². The molecule has 32 heavy (non-hydrogen) atoms. The molecule has 160 valence electrons. The number of ether oxygens (including phenoxy) is 1. The Kier molecular flexibility index (Phi) is 5.49. The van der Waals surface area contributed by atoms with Crippen molar-refractivity contribution in [3.8, 4) is 17.0 Å². The van der Waals surface area contributed by atoms with Gasteiger partial charge in [0.1, 0.15) is 11.4 Å². The molecule has 0 saturated carbocycles. The van der Waals surface area contributed by atoms with Crippen molar-refractivity contribution in [1.29, 1.82) is 0 Å². The van der Waals surface area contributed by atoms with E-state index in [0.29, 0.717) is 5.75 Å². The molecule has 0 fully saturated rings. The summed E-state index contributed by atoms with van der Waals surface area (Å²) in [6.07, 6.45) is 1.55. The molecule has 0 amide bonds. The number of hydrazone groups is 1. The fraction of sp³-hybridized carbons (Fsp3) is 0.0455. The van der Waals surface area contributed by atoms with Crippen LogP contribution in [0.4, 0.5) is 17.1 Å². The van der Waals surface area contributed by atoms with E-state index in [9.17, 15) is 20.2 Å². The van der Waals surface area contributed by atoms with Crippen LogP contribution in [0, 0.1) is 20.2 Å². The summed E-state index contributed by atoms with van der Waals surface area (Å²) >= 11 is 0. The zero-order valence-electron chi connectivity index (χ0n) is 16.8. The van der Waals surface area contributed by atoms with E-state index >= 15 is 0 Å². The fourth-order valence-electron chi connectivity index (χ4n) is 3.33. The average Bonchev–Trinajstić information content (AvgIpc) is 3.17. The Morgan fingerprint density at radius 2 is 1.78 bits per heavy atom. The van der Waals surface area contributed by atoms with Gasteiger partial charge in [0, 0.05) is 22.5 Å². The molecule has 0 aliphatic carbocycles. The summed E-state index contributed by atoms with van der Waals surface area (Å²) in [4.78, 5) is 24.3. The number of nitrogens with zero attached hydrogens (tertiary/aromatic N) is 3. The van der Waals surface area contributed by atoms with Gasteiger partial charge in [-0.25, -0.2) is 0 Å². The number of fused-ring (bicyclic) bond motifs is 1. The van der Waals surface area contributed by atoms with Crippen LogP contribution in [-0.4, -0.2) is 28.2 Å². The molecule has 4 rings (SSSR count). The number of benzene rings is 3. The molecule has 0 bridgehead atoms. The number of hydrogen-bond donors (Lipinski definition) is 2. The van der Waals surface area contributed by atoms with E-state index in [0.717, 1.165) is 33.8 Å². The van der Waals surface area contributed by atoms with E-state index in [4.69, 9.17) is 4.74 Å². The predicted molar refractivity (Wildman–Crippen MR) is 121 cm³/mol. The van der Waals surface area contributed by atoms with E-state index < -0.39 is 15.5 Å². The number of aromatic nitrogens is 1. The number of anilines is 1. The van der Waals surface area contributed by atoms with Crippen LogP contribution < -0.4 is 10.2 Å². The summed E-state index contributed by atoms with van der Waals surface area (Å²) < 4.78 is 5.33. The molecule has 10 nitrogen and oxygen atoms in total. The highest BCUT2D eigenvalue weighted by Crippen LogP contribution is 2.32. The van der Waals surface area contributed by atoms with Gasteiger partial charge in [-0.05, 0) is 29.8 Å². The van der Waals surface area contributed by atoms with E-state index in [-0.39, 0.29) is 11.4 Å². The van der Waals surface area contributed by atoms with Crippen molar-refractivity contribution in [2.45, 2.75) is 0 Å². The smallest absolute Gasteiger partial charge is 0.301 e.